The van der Waals surface area contributed by atoms with Gasteiger partial charge in [-0.05, 0) is 61.9 Å². The zero-order valence-electron chi connectivity index (χ0n) is 15.5. The van der Waals surface area contributed by atoms with Gasteiger partial charge in [-0.25, -0.2) is 0 Å². The predicted octanol–water partition coefficient (Wildman–Crippen LogP) is 4.50. The van der Waals surface area contributed by atoms with Gasteiger partial charge in [0.1, 0.15) is 10.8 Å². The van der Waals surface area contributed by atoms with E-state index in [4.69, 9.17) is 4.74 Å². The molecular formula is C21H21N3O2S. The first-order valence-electron chi connectivity index (χ1n) is 8.53. The van der Waals surface area contributed by atoms with Crippen molar-refractivity contribution in [3.63, 3.8) is 0 Å². The number of amides is 1. The molecule has 3 rings (SSSR count). The highest BCUT2D eigenvalue weighted by atomic mass is 32.2. The van der Waals surface area contributed by atoms with E-state index in [-0.39, 0.29) is 11.7 Å². The van der Waals surface area contributed by atoms with Crippen molar-refractivity contribution in [3.05, 3.63) is 65.7 Å². The Morgan fingerprint density at radius 3 is 2.44 bits per heavy atom. The number of aryl methyl sites for hydroxylation is 2. The molecule has 5 nitrogen and oxygen atoms in total. The molecule has 0 saturated carbocycles. The van der Waals surface area contributed by atoms with Gasteiger partial charge in [0.25, 0.3) is 0 Å². The van der Waals surface area contributed by atoms with Crippen molar-refractivity contribution in [2.75, 3.05) is 18.2 Å². The summed E-state index contributed by atoms with van der Waals surface area (Å²) in [6, 6.07) is 17.4. The molecule has 1 amide bonds. The van der Waals surface area contributed by atoms with Crippen LogP contribution in [0, 0.1) is 13.8 Å². The number of nitrogens with zero attached hydrogens (tertiary/aromatic N) is 2. The number of anilines is 1. The Morgan fingerprint density at radius 2 is 1.81 bits per heavy atom. The number of thioether (sulfide) groups is 1. The summed E-state index contributed by atoms with van der Waals surface area (Å²) >= 11 is 1.36. The van der Waals surface area contributed by atoms with Gasteiger partial charge in [-0.3, -0.25) is 4.79 Å². The fourth-order valence-corrected chi connectivity index (χ4v) is 3.21. The first-order chi connectivity index (χ1) is 13.0. The lowest BCUT2D eigenvalue weighted by Crippen LogP contribution is -2.15. The maximum absolute atomic E-state index is 12.2. The van der Waals surface area contributed by atoms with Gasteiger partial charge in [0.15, 0.2) is 0 Å². The molecule has 0 spiro atoms. The number of methoxy groups -OCH3 is 1. The Kier molecular flexibility index (Phi) is 6.08. The van der Waals surface area contributed by atoms with Gasteiger partial charge in [-0.1, -0.05) is 29.5 Å². The van der Waals surface area contributed by atoms with Gasteiger partial charge in [-0.2, -0.15) is 0 Å². The second-order valence-electron chi connectivity index (χ2n) is 6.14. The van der Waals surface area contributed by atoms with Crippen molar-refractivity contribution >= 4 is 23.4 Å². The number of nitrogens with one attached hydrogen (secondary N) is 1. The number of aromatic nitrogens is 2. The van der Waals surface area contributed by atoms with Crippen LogP contribution in [0.15, 0.2) is 59.6 Å². The molecule has 0 bridgehead atoms. The molecule has 1 N–H and O–H groups in total. The highest BCUT2D eigenvalue weighted by Gasteiger charge is 2.08. The van der Waals surface area contributed by atoms with Crippen LogP contribution in [-0.4, -0.2) is 29.0 Å². The smallest absolute Gasteiger partial charge is 0.234 e. The molecule has 1 heterocycles. The van der Waals surface area contributed by atoms with Crippen LogP contribution in [0.3, 0.4) is 0 Å². The molecule has 3 aromatic rings. The summed E-state index contributed by atoms with van der Waals surface area (Å²) in [6.45, 7) is 4.02. The molecule has 0 saturated heterocycles. The largest absolute Gasteiger partial charge is 0.497 e. The lowest BCUT2D eigenvalue weighted by atomic mass is 10.1. The Bertz CT molecular complexity index is 925. The van der Waals surface area contributed by atoms with E-state index in [0.717, 1.165) is 28.3 Å². The third-order valence-electron chi connectivity index (χ3n) is 4.03. The normalized spacial score (nSPS) is 10.5. The molecule has 138 valence electrons. The SMILES string of the molecule is COc1ccc(-c2ccc(SCC(=O)Nc3ccc(C)cc3C)nn2)cc1. The van der Waals surface area contributed by atoms with Crippen molar-refractivity contribution in [1.82, 2.24) is 10.2 Å². The number of hydrogen-bond acceptors (Lipinski definition) is 5. The molecule has 0 radical (unpaired) electrons. The van der Waals surface area contributed by atoms with Gasteiger partial charge in [0, 0.05) is 11.3 Å². The number of carbonyl (C=O) groups excluding carboxylic acids is 1. The first-order valence-corrected chi connectivity index (χ1v) is 9.52. The lowest BCUT2D eigenvalue weighted by Gasteiger charge is -2.09. The average Bonchev–Trinajstić information content (AvgIpc) is 2.69. The first kappa shape index (κ1) is 18.9. The molecule has 0 fully saturated rings. The van der Waals surface area contributed by atoms with E-state index < -0.39 is 0 Å². The van der Waals surface area contributed by atoms with E-state index >= 15 is 0 Å². The third kappa shape index (κ3) is 5.08. The summed E-state index contributed by atoms with van der Waals surface area (Å²) < 4.78 is 5.16. The Balaban J connectivity index is 1.57. The van der Waals surface area contributed by atoms with Crippen LogP contribution in [-0.2, 0) is 4.79 Å². The topological polar surface area (TPSA) is 64.1 Å². The molecule has 0 aliphatic carbocycles. The number of carbonyl (C=O) groups is 1. The maximum atomic E-state index is 12.2. The molecule has 0 unspecified atom stereocenters. The van der Waals surface area contributed by atoms with Crippen LogP contribution >= 0.6 is 11.8 Å². The van der Waals surface area contributed by atoms with E-state index in [1.54, 1.807) is 7.11 Å². The van der Waals surface area contributed by atoms with Gasteiger partial charge in [0.05, 0.1) is 18.6 Å². The van der Waals surface area contributed by atoms with E-state index in [2.05, 4.69) is 15.5 Å². The summed E-state index contributed by atoms with van der Waals surface area (Å²) in [5.41, 5.74) is 4.81. The Labute approximate surface area is 163 Å². The lowest BCUT2D eigenvalue weighted by molar-refractivity contribution is -0.113. The van der Waals surface area contributed by atoms with Crippen LogP contribution in [0.4, 0.5) is 5.69 Å². The zero-order chi connectivity index (χ0) is 19.2. The summed E-state index contributed by atoms with van der Waals surface area (Å²) in [4.78, 5) is 12.2. The molecule has 1 aromatic heterocycles. The molecule has 0 atom stereocenters. The molecule has 2 aromatic carbocycles. The van der Waals surface area contributed by atoms with Crippen LogP contribution in [0.5, 0.6) is 5.75 Å². The molecular weight excluding hydrogens is 358 g/mol. The van der Waals surface area contributed by atoms with Gasteiger partial charge in [-0.15, -0.1) is 10.2 Å². The summed E-state index contributed by atoms with van der Waals surface area (Å²) in [7, 11) is 1.64. The van der Waals surface area contributed by atoms with E-state index in [1.807, 2.05) is 68.4 Å². The monoisotopic (exact) mass is 379 g/mol. The number of hydrogen-bond donors (Lipinski definition) is 1. The van der Waals surface area contributed by atoms with Crippen LogP contribution in [0.25, 0.3) is 11.3 Å². The summed E-state index contributed by atoms with van der Waals surface area (Å²) in [6.07, 6.45) is 0. The second kappa shape index (κ2) is 8.68. The third-order valence-corrected chi connectivity index (χ3v) is 4.95. The van der Waals surface area contributed by atoms with Crippen molar-refractivity contribution in [1.29, 1.82) is 0 Å². The molecule has 0 aliphatic rings. The van der Waals surface area contributed by atoms with Gasteiger partial charge < -0.3 is 10.1 Å². The minimum Gasteiger partial charge on any atom is -0.497 e. The number of benzene rings is 2. The Morgan fingerprint density at radius 1 is 1.04 bits per heavy atom. The van der Waals surface area contributed by atoms with E-state index in [9.17, 15) is 4.79 Å². The predicted molar refractivity (Wildman–Crippen MR) is 109 cm³/mol. The standard InChI is InChI=1S/C21H21N3O2S/c1-14-4-9-18(15(2)12-14)22-20(25)13-27-21-11-10-19(23-24-21)16-5-7-17(26-3)8-6-16/h4-12H,13H2,1-3H3,(H,22,25). The summed E-state index contributed by atoms with van der Waals surface area (Å²) in [5.74, 6) is 1.02. The van der Waals surface area contributed by atoms with Crippen LogP contribution in [0.2, 0.25) is 0 Å². The highest BCUT2D eigenvalue weighted by Crippen LogP contribution is 2.22. The van der Waals surface area contributed by atoms with Gasteiger partial charge in [0.2, 0.25) is 5.91 Å². The van der Waals surface area contributed by atoms with Crippen molar-refractivity contribution in [2.45, 2.75) is 18.9 Å². The highest BCUT2D eigenvalue weighted by molar-refractivity contribution is 7.99. The molecule has 6 heteroatoms. The van der Waals surface area contributed by atoms with Crippen LogP contribution in [0.1, 0.15) is 11.1 Å². The summed E-state index contributed by atoms with van der Waals surface area (Å²) in [5, 5.41) is 12.1. The number of ether oxygens (including phenoxy) is 1. The molecule has 0 aliphatic heterocycles. The second-order valence-corrected chi connectivity index (χ2v) is 7.14. The van der Waals surface area contributed by atoms with Gasteiger partial charge >= 0.3 is 0 Å². The van der Waals surface area contributed by atoms with Crippen molar-refractivity contribution in [2.24, 2.45) is 0 Å². The van der Waals surface area contributed by atoms with E-state index in [0.29, 0.717) is 5.03 Å². The quantitative estimate of drug-likeness (QED) is 0.639. The zero-order valence-corrected chi connectivity index (χ0v) is 16.3. The van der Waals surface area contributed by atoms with E-state index in [1.165, 1.54) is 17.3 Å². The maximum Gasteiger partial charge on any atom is 0.234 e. The Hall–Kier alpha value is -2.86. The van der Waals surface area contributed by atoms with Crippen molar-refractivity contribution < 1.29 is 9.53 Å². The molecule has 27 heavy (non-hydrogen) atoms. The fourth-order valence-electron chi connectivity index (χ4n) is 2.59. The minimum atomic E-state index is -0.0621. The fraction of sp³-hybridized carbons (Fsp3) is 0.190. The minimum absolute atomic E-state index is 0.0621. The van der Waals surface area contributed by atoms with Crippen molar-refractivity contribution in [3.8, 4) is 17.0 Å². The number of rotatable bonds is 6. The van der Waals surface area contributed by atoms with Crippen LogP contribution < -0.4 is 10.1 Å². The average molecular weight is 379 g/mol.